The molecule has 5 heteroatoms. The lowest BCUT2D eigenvalue weighted by molar-refractivity contribution is 0.386. The van der Waals surface area contributed by atoms with Gasteiger partial charge >= 0.3 is 0 Å². The van der Waals surface area contributed by atoms with Gasteiger partial charge in [-0.1, -0.05) is 5.16 Å². The van der Waals surface area contributed by atoms with Crippen LogP contribution < -0.4 is 10.5 Å². The van der Waals surface area contributed by atoms with Gasteiger partial charge in [-0.05, 0) is 18.2 Å². The van der Waals surface area contributed by atoms with Crippen LogP contribution in [0.4, 0.5) is 4.39 Å². The van der Waals surface area contributed by atoms with Crippen LogP contribution in [0.5, 0.6) is 5.75 Å². The third-order valence-corrected chi connectivity index (χ3v) is 2.20. The SMILES string of the molecule is COc1ccc(-c2cc(CN)no2)cc1F. The van der Waals surface area contributed by atoms with Crippen LogP contribution in [-0.2, 0) is 6.54 Å². The van der Waals surface area contributed by atoms with Crippen molar-refractivity contribution >= 4 is 0 Å². The van der Waals surface area contributed by atoms with E-state index in [0.29, 0.717) is 23.6 Å². The van der Waals surface area contributed by atoms with Crippen LogP contribution in [0.3, 0.4) is 0 Å². The summed E-state index contributed by atoms with van der Waals surface area (Å²) in [6.07, 6.45) is 0. The van der Waals surface area contributed by atoms with Crippen molar-refractivity contribution in [3.63, 3.8) is 0 Å². The van der Waals surface area contributed by atoms with Crippen LogP contribution in [0, 0.1) is 5.82 Å². The van der Waals surface area contributed by atoms with Crippen molar-refractivity contribution in [2.24, 2.45) is 5.73 Å². The highest BCUT2D eigenvalue weighted by Crippen LogP contribution is 2.25. The number of nitrogens with zero attached hydrogens (tertiary/aromatic N) is 1. The van der Waals surface area contributed by atoms with E-state index in [2.05, 4.69) is 5.16 Å². The minimum atomic E-state index is -0.439. The molecule has 4 nitrogen and oxygen atoms in total. The maximum Gasteiger partial charge on any atom is 0.167 e. The number of rotatable bonds is 3. The molecule has 0 unspecified atom stereocenters. The van der Waals surface area contributed by atoms with Gasteiger partial charge < -0.3 is 15.0 Å². The van der Waals surface area contributed by atoms with Gasteiger partial charge in [0.2, 0.25) is 0 Å². The summed E-state index contributed by atoms with van der Waals surface area (Å²) >= 11 is 0. The fourth-order valence-electron chi connectivity index (χ4n) is 1.36. The molecule has 0 saturated carbocycles. The van der Waals surface area contributed by atoms with Crippen LogP contribution >= 0.6 is 0 Å². The molecule has 16 heavy (non-hydrogen) atoms. The average Bonchev–Trinajstić information content (AvgIpc) is 2.77. The molecule has 2 N–H and O–H groups in total. The van der Waals surface area contributed by atoms with Crippen molar-refractivity contribution in [1.29, 1.82) is 0 Å². The molecule has 0 radical (unpaired) electrons. The lowest BCUT2D eigenvalue weighted by atomic mass is 10.1. The topological polar surface area (TPSA) is 61.3 Å². The number of hydrogen-bond acceptors (Lipinski definition) is 4. The first-order valence-corrected chi connectivity index (χ1v) is 4.74. The van der Waals surface area contributed by atoms with Gasteiger partial charge in [-0.15, -0.1) is 0 Å². The predicted octanol–water partition coefficient (Wildman–Crippen LogP) is 1.95. The average molecular weight is 222 g/mol. The second-order valence-corrected chi connectivity index (χ2v) is 3.24. The van der Waals surface area contributed by atoms with Crippen LogP contribution in [-0.4, -0.2) is 12.3 Å². The van der Waals surface area contributed by atoms with E-state index in [-0.39, 0.29) is 5.75 Å². The Morgan fingerprint density at radius 2 is 2.25 bits per heavy atom. The Hall–Kier alpha value is -1.88. The second-order valence-electron chi connectivity index (χ2n) is 3.24. The van der Waals surface area contributed by atoms with Crippen LogP contribution in [0.25, 0.3) is 11.3 Å². The molecular weight excluding hydrogens is 211 g/mol. The summed E-state index contributed by atoms with van der Waals surface area (Å²) in [6, 6.07) is 6.25. The van der Waals surface area contributed by atoms with Gasteiger partial charge in [0.05, 0.1) is 12.8 Å². The molecule has 0 saturated heterocycles. The first-order chi connectivity index (χ1) is 7.74. The molecule has 0 atom stereocenters. The largest absolute Gasteiger partial charge is 0.494 e. The van der Waals surface area contributed by atoms with Gasteiger partial charge in [0.1, 0.15) is 0 Å². The zero-order valence-electron chi connectivity index (χ0n) is 8.74. The van der Waals surface area contributed by atoms with Crippen molar-refractivity contribution in [3.05, 3.63) is 35.8 Å². The predicted molar refractivity (Wildman–Crippen MR) is 56.3 cm³/mol. The Kier molecular flexibility index (Phi) is 2.87. The van der Waals surface area contributed by atoms with Crippen molar-refractivity contribution in [2.75, 3.05) is 7.11 Å². The molecule has 0 aliphatic rings. The molecule has 1 aromatic carbocycles. The highest BCUT2D eigenvalue weighted by molar-refractivity contribution is 5.58. The standard InChI is InChI=1S/C11H11FN2O2/c1-15-10-3-2-7(4-9(10)12)11-5-8(6-13)14-16-11/h2-5H,6,13H2,1H3. The van der Waals surface area contributed by atoms with Gasteiger partial charge in [0.25, 0.3) is 0 Å². The number of hydrogen-bond donors (Lipinski definition) is 1. The molecule has 0 amide bonds. The highest BCUT2D eigenvalue weighted by Gasteiger charge is 2.09. The normalized spacial score (nSPS) is 10.4. The second kappa shape index (κ2) is 4.32. The van der Waals surface area contributed by atoms with E-state index in [1.165, 1.54) is 19.2 Å². The van der Waals surface area contributed by atoms with Gasteiger partial charge in [0.15, 0.2) is 17.3 Å². The van der Waals surface area contributed by atoms with Crippen molar-refractivity contribution in [1.82, 2.24) is 5.16 Å². The Labute approximate surface area is 91.8 Å². The number of ether oxygens (including phenoxy) is 1. The zero-order chi connectivity index (χ0) is 11.5. The van der Waals surface area contributed by atoms with E-state index in [9.17, 15) is 4.39 Å². The van der Waals surface area contributed by atoms with Gasteiger partial charge in [-0.3, -0.25) is 0 Å². The molecule has 0 aliphatic heterocycles. The Morgan fingerprint density at radius 1 is 1.44 bits per heavy atom. The van der Waals surface area contributed by atoms with E-state index in [1.807, 2.05) is 0 Å². The third kappa shape index (κ3) is 1.90. The van der Waals surface area contributed by atoms with E-state index in [1.54, 1.807) is 12.1 Å². The van der Waals surface area contributed by atoms with Gasteiger partial charge in [-0.25, -0.2) is 4.39 Å². The minimum Gasteiger partial charge on any atom is -0.494 e. The fraction of sp³-hybridized carbons (Fsp3) is 0.182. The van der Waals surface area contributed by atoms with Gasteiger partial charge in [0, 0.05) is 18.2 Å². The summed E-state index contributed by atoms with van der Waals surface area (Å²) in [5, 5.41) is 3.73. The fourth-order valence-corrected chi connectivity index (χ4v) is 1.36. The lowest BCUT2D eigenvalue weighted by Gasteiger charge is -2.02. The zero-order valence-corrected chi connectivity index (χ0v) is 8.74. The van der Waals surface area contributed by atoms with Crippen molar-refractivity contribution in [3.8, 4) is 17.1 Å². The molecule has 2 aromatic rings. The number of aromatic nitrogens is 1. The molecule has 84 valence electrons. The number of benzene rings is 1. The van der Waals surface area contributed by atoms with E-state index in [0.717, 1.165) is 0 Å². The maximum atomic E-state index is 13.4. The van der Waals surface area contributed by atoms with Crippen LogP contribution in [0.1, 0.15) is 5.69 Å². The van der Waals surface area contributed by atoms with E-state index in [4.69, 9.17) is 15.0 Å². The molecule has 0 bridgehead atoms. The first-order valence-electron chi connectivity index (χ1n) is 4.74. The summed E-state index contributed by atoms with van der Waals surface area (Å²) in [6.45, 7) is 0.294. The van der Waals surface area contributed by atoms with Crippen molar-refractivity contribution < 1.29 is 13.7 Å². The molecule has 0 fully saturated rings. The number of nitrogens with two attached hydrogens (primary N) is 1. The first kappa shape index (κ1) is 10.6. The summed E-state index contributed by atoms with van der Waals surface area (Å²) < 4.78 is 23.3. The number of halogens is 1. The highest BCUT2D eigenvalue weighted by atomic mass is 19.1. The summed E-state index contributed by atoms with van der Waals surface area (Å²) in [5.41, 5.74) is 6.63. The van der Waals surface area contributed by atoms with E-state index < -0.39 is 5.82 Å². The molecule has 2 rings (SSSR count). The summed E-state index contributed by atoms with van der Waals surface area (Å²) in [4.78, 5) is 0. The third-order valence-electron chi connectivity index (χ3n) is 2.20. The van der Waals surface area contributed by atoms with Gasteiger partial charge in [-0.2, -0.15) is 0 Å². The van der Waals surface area contributed by atoms with E-state index >= 15 is 0 Å². The van der Waals surface area contributed by atoms with Crippen LogP contribution in [0.15, 0.2) is 28.8 Å². The molecule has 1 heterocycles. The number of methoxy groups -OCH3 is 1. The Bertz CT molecular complexity index is 496. The van der Waals surface area contributed by atoms with Crippen molar-refractivity contribution in [2.45, 2.75) is 6.54 Å². The summed E-state index contributed by atoms with van der Waals surface area (Å²) in [7, 11) is 1.42. The maximum absolute atomic E-state index is 13.4. The summed E-state index contributed by atoms with van der Waals surface area (Å²) in [5.74, 6) is 0.245. The Balaban J connectivity index is 2.37. The molecular formula is C11H11FN2O2. The molecule has 1 aromatic heterocycles. The Morgan fingerprint density at radius 3 is 2.81 bits per heavy atom. The molecule has 0 aliphatic carbocycles. The lowest BCUT2D eigenvalue weighted by Crippen LogP contribution is -1.94. The molecule has 0 spiro atoms. The quantitative estimate of drug-likeness (QED) is 0.862. The van der Waals surface area contributed by atoms with Crippen LogP contribution in [0.2, 0.25) is 0 Å². The minimum absolute atomic E-state index is 0.197. The smallest absolute Gasteiger partial charge is 0.167 e. The monoisotopic (exact) mass is 222 g/mol.